The second-order valence-corrected chi connectivity index (χ2v) is 6.96. The van der Waals surface area contributed by atoms with Gasteiger partial charge >= 0.3 is 0 Å². The van der Waals surface area contributed by atoms with Crippen LogP contribution in [0.1, 0.15) is 16.7 Å². The number of anilines is 2. The minimum Gasteiger partial charge on any atom is -0.365 e. The zero-order chi connectivity index (χ0) is 20.4. The van der Waals surface area contributed by atoms with Crippen LogP contribution in [0.25, 0.3) is 10.8 Å². The topological polar surface area (TPSA) is 88.4 Å². The molecule has 0 unspecified atom stereocenters. The van der Waals surface area contributed by atoms with Crippen molar-refractivity contribution in [3.05, 3.63) is 69.5 Å². The van der Waals surface area contributed by atoms with Crippen molar-refractivity contribution in [1.29, 1.82) is 0 Å². The number of hydrogen-bond acceptors (Lipinski definition) is 5. The molecular formula is C21H22N4O3. The molecule has 0 bridgehead atoms. The summed E-state index contributed by atoms with van der Waals surface area (Å²) < 4.78 is 0. The van der Waals surface area contributed by atoms with Crippen LogP contribution < -0.4 is 10.2 Å². The van der Waals surface area contributed by atoms with Gasteiger partial charge < -0.3 is 10.2 Å². The predicted molar refractivity (Wildman–Crippen MR) is 111 cm³/mol. The SMILES string of the molecule is Cc1cc(C)c(NC(=O)CN(C)c2ccc([N+](=O)[O-])c3cnccc23)c(C)c1. The number of non-ortho nitro benzene ring substituents is 1. The fourth-order valence-electron chi connectivity index (χ4n) is 3.51. The molecular weight excluding hydrogens is 356 g/mol. The molecule has 144 valence electrons. The summed E-state index contributed by atoms with van der Waals surface area (Å²) in [6.07, 6.45) is 3.06. The standard InChI is InChI=1S/C21H22N4O3/c1-13-9-14(2)21(15(3)10-13)23-20(26)12-24(4)18-5-6-19(25(27)28)17-11-22-8-7-16(17)18/h5-11H,12H2,1-4H3,(H,23,26). The van der Waals surface area contributed by atoms with Crippen LogP contribution in [0.4, 0.5) is 17.1 Å². The number of fused-ring (bicyclic) bond motifs is 1. The maximum absolute atomic E-state index is 12.6. The van der Waals surface area contributed by atoms with Gasteiger partial charge in [0, 0.05) is 42.3 Å². The number of amides is 1. The zero-order valence-electron chi connectivity index (χ0n) is 16.3. The average Bonchev–Trinajstić information content (AvgIpc) is 2.63. The van der Waals surface area contributed by atoms with Crippen LogP contribution in [0, 0.1) is 30.9 Å². The van der Waals surface area contributed by atoms with E-state index in [4.69, 9.17) is 0 Å². The van der Waals surface area contributed by atoms with Crippen molar-refractivity contribution in [2.75, 3.05) is 23.8 Å². The Kier molecular flexibility index (Phi) is 5.26. The summed E-state index contributed by atoms with van der Waals surface area (Å²) in [6, 6.07) is 8.89. The van der Waals surface area contributed by atoms with Crippen molar-refractivity contribution >= 4 is 33.7 Å². The summed E-state index contributed by atoms with van der Waals surface area (Å²) in [5, 5.41) is 15.4. The number of nitrogens with one attached hydrogen (secondary N) is 1. The Morgan fingerprint density at radius 2 is 1.82 bits per heavy atom. The summed E-state index contributed by atoms with van der Waals surface area (Å²) in [5.74, 6) is -0.155. The van der Waals surface area contributed by atoms with Gasteiger partial charge in [0.15, 0.2) is 0 Å². The van der Waals surface area contributed by atoms with E-state index in [2.05, 4.69) is 10.3 Å². The van der Waals surface area contributed by atoms with Crippen molar-refractivity contribution in [2.45, 2.75) is 20.8 Å². The second-order valence-electron chi connectivity index (χ2n) is 6.96. The number of nitro groups is 1. The van der Waals surface area contributed by atoms with E-state index in [0.29, 0.717) is 10.8 Å². The number of aromatic nitrogens is 1. The molecule has 7 heteroatoms. The minimum atomic E-state index is -0.427. The summed E-state index contributed by atoms with van der Waals surface area (Å²) in [5.41, 5.74) is 4.73. The lowest BCUT2D eigenvalue weighted by atomic mass is 10.1. The Morgan fingerprint density at radius 3 is 2.46 bits per heavy atom. The highest BCUT2D eigenvalue weighted by Gasteiger charge is 2.18. The minimum absolute atomic E-state index is 0.00407. The van der Waals surface area contributed by atoms with Crippen molar-refractivity contribution in [3.63, 3.8) is 0 Å². The molecule has 3 aromatic rings. The Hall–Kier alpha value is -3.48. The van der Waals surface area contributed by atoms with Gasteiger partial charge in [-0.2, -0.15) is 0 Å². The Morgan fingerprint density at radius 1 is 1.14 bits per heavy atom. The first kappa shape index (κ1) is 19.3. The zero-order valence-corrected chi connectivity index (χ0v) is 16.3. The molecule has 3 rings (SSSR count). The third kappa shape index (κ3) is 3.78. The lowest BCUT2D eigenvalue weighted by Crippen LogP contribution is -2.30. The maximum atomic E-state index is 12.6. The van der Waals surface area contributed by atoms with E-state index in [1.54, 1.807) is 30.3 Å². The Balaban J connectivity index is 1.86. The molecule has 1 heterocycles. The van der Waals surface area contributed by atoms with Gasteiger partial charge in [-0.1, -0.05) is 17.7 Å². The highest BCUT2D eigenvalue weighted by molar-refractivity contribution is 6.01. The van der Waals surface area contributed by atoms with Crippen LogP contribution >= 0.6 is 0 Å². The van der Waals surface area contributed by atoms with E-state index in [0.717, 1.165) is 28.1 Å². The van der Waals surface area contributed by atoms with Crippen molar-refractivity contribution < 1.29 is 9.72 Å². The van der Waals surface area contributed by atoms with Crippen LogP contribution in [-0.2, 0) is 4.79 Å². The van der Waals surface area contributed by atoms with Gasteiger partial charge in [-0.05, 0) is 44.0 Å². The third-order valence-corrected chi connectivity index (χ3v) is 4.70. The number of likely N-dealkylation sites (N-methyl/N-ethyl adjacent to an activating group) is 1. The monoisotopic (exact) mass is 378 g/mol. The normalized spacial score (nSPS) is 10.7. The molecule has 0 aliphatic heterocycles. The molecule has 0 spiro atoms. The molecule has 0 aliphatic carbocycles. The van der Waals surface area contributed by atoms with E-state index in [1.165, 1.54) is 12.3 Å². The van der Waals surface area contributed by atoms with Crippen LogP contribution in [-0.4, -0.2) is 29.4 Å². The number of pyridine rings is 1. The van der Waals surface area contributed by atoms with Crippen molar-refractivity contribution in [1.82, 2.24) is 4.98 Å². The molecule has 0 fully saturated rings. The van der Waals surface area contributed by atoms with E-state index >= 15 is 0 Å². The first-order valence-corrected chi connectivity index (χ1v) is 8.88. The van der Waals surface area contributed by atoms with E-state index in [-0.39, 0.29) is 18.1 Å². The molecule has 1 N–H and O–H groups in total. The van der Waals surface area contributed by atoms with Gasteiger partial charge in [-0.3, -0.25) is 19.9 Å². The van der Waals surface area contributed by atoms with Crippen molar-refractivity contribution in [2.24, 2.45) is 0 Å². The van der Waals surface area contributed by atoms with Gasteiger partial charge in [0.25, 0.3) is 5.69 Å². The van der Waals surface area contributed by atoms with Gasteiger partial charge in [0.2, 0.25) is 5.91 Å². The van der Waals surface area contributed by atoms with Crippen LogP contribution in [0.2, 0.25) is 0 Å². The fourth-order valence-corrected chi connectivity index (χ4v) is 3.51. The number of nitrogens with zero attached hydrogens (tertiary/aromatic N) is 3. The number of rotatable bonds is 5. The molecule has 0 radical (unpaired) electrons. The fraction of sp³-hybridized carbons (Fsp3) is 0.238. The lowest BCUT2D eigenvalue weighted by molar-refractivity contribution is -0.383. The number of nitro benzene ring substituents is 1. The molecule has 2 aromatic carbocycles. The molecule has 7 nitrogen and oxygen atoms in total. The van der Waals surface area contributed by atoms with E-state index < -0.39 is 4.92 Å². The maximum Gasteiger partial charge on any atom is 0.278 e. The predicted octanol–water partition coefficient (Wildman–Crippen LogP) is 4.14. The summed E-state index contributed by atoms with van der Waals surface area (Å²) in [7, 11) is 1.79. The summed E-state index contributed by atoms with van der Waals surface area (Å²) in [4.78, 5) is 29.2. The molecule has 0 aliphatic rings. The average molecular weight is 378 g/mol. The number of aryl methyl sites for hydroxylation is 3. The first-order chi connectivity index (χ1) is 13.3. The van der Waals surface area contributed by atoms with Crippen molar-refractivity contribution in [3.8, 4) is 0 Å². The Bertz CT molecular complexity index is 1060. The van der Waals surface area contributed by atoms with Gasteiger partial charge in [-0.15, -0.1) is 0 Å². The molecule has 1 amide bonds. The summed E-state index contributed by atoms with van der Waals surface area (Å²) in [6.45, 7) is 6.07. The number of carbonyl (C=O) groups excluding carboxylic acids is 1. The van der Waals surface area contributed by atoms with Crippen LogP contribution in [0.5, 0.6) is 0 Å². The lowest BCUT2D eigenvalue weighted by Gasteiger charge is -2.21. The van der Waals surface area contributed by atoms with Gasteiger partial charge in [0.1, 0.15) is 0 Å². The highest BCUT2D eigenvalue weighted by Crippen LogP contribution is 2.32. The molecule has 1 aromatic heterocycles. The largest absolute Gasteiger partial charge is 0.365 e. The number of hydrogen-bond donors (Lipinski definition) is 1. The van der Waals surface area contributed by atoms with Gasteiger partial charge in [0.05, 0.1) is 16.9 Å². The van der Waals surface area contributed by atoms with E-state index in [9.17, 15) is 14.9 Å². The van der Waals surface area contributed by atoms with Crippen LogP contribution in [0.3, 0.4) is 0 Å². The quantitative estimate of drug-likeness (QED) is 0.532. The van der Waals surface area contributed by atoms with Crippen LogP contribution in [0.15, 0.2) is 42.7 Å². The molecule has 0 atom stereocenters. The summed E-state index contributed by atoms with van der Waals surface area (Å²) >= 11 is 0. The van der Waals surface area contributed by atoms with Gasteiger partial charge in [-0.25, -0.2) is 0 Å². The number of carbonyl (C=O) groups is 1. The molecule has 0 saturated heterocycles. The highest BCUT2D eigenvalue weighted by atomic mass is 16.6. The molecule has 0 saturated carbocycles. The smallest absolute Gasteiger partial charge is 0.278 e. The Labute approximate surface area is 163 Å². The second kappa shape index (κ2) is 7.64. The number of benzene rings is 2. The molecule has 28 heavy (non-hydrogen) atoms. The third-order valence-electron chi connectivity index (χ3n) is 4.70. The van der Waals surface area contributed by atoms with E-state index in [1.807, 2.05) is 32.9 Å². The first-order valence-electron chi connectivity index (χ1n) is 8.88.